The Bertz CT molecular complexity index is 1130. The minimum Gasteiger partial charge on any atom is -0.0619 e. The van der Waals surface area contributed by atoms with Gasteiger partial charge in [0.25, 0.3) is 0 Å². The van der Waals surface area contributed by atoms with Gasteiger partial charge in [-0.1, -0.05) is 84.9 Å². The molecule has 0 saturated carbocycles. The lowest BCUT2D eigenvalue weighted by atomic mass is 9.98. The van der Waals surface area contributed by atoms with Gasteiger partial charge in [-0.15, -0.1) is 0 Å². The molecule has 0 spiro atoms. The molecule has 0 radical (unpaired) electrons. The summed E-state index contributed by atoms with van der Waals surface area (Å²) < 4.78 is 0. The molecule has 5 aromatic rings. The second-order valence-electron chi connectivity index (χ2n) is 6.96. The lowest BCUT2D eigenvalue weighted by Gasteiger charge is -2.13. The molecule has 0 saturated heterocycles. The maximum atomic E-state index is 2.32. The first kappa shape index (κ1) is 17.1. The average Bonchev–Trinajstić information content (AvgIpc) is 2.78. The summed E-state index contributed by atoms with van der Waals surface area (Å²) in [5.41, 5.74) is 1.45. The van der Waals surface area contributed by atoms with E-state index in [0.29, 0.717) is 0 Å². The highest BCUT2D eigenvalue weighted by Crippen LogP contribution is 2.34. The van der Waals surface area contributed by atoms with Crippen LogP contribution in [0.25, 0.3) is 21.5 Å². The van der Waals surface area contributed by atoms with Crippen molar-refractivity contribution in [1.29, 1.82) is 0 Å². The molecule has 5 rings (SSSR count). The third kappa shape index (κ3) is 3.19. The molecular weight excluding hydrogens is 356 g/mol. The van der Waals surface area contributed by atoms with E-state index in [9.17, 15) is 0 Å². The molecule has 0 unspecified atom stereocenters. The summed E-state index contributed by atoms with van der Waals surface area (Å²) in [4.78, 5) is 2.79. The van der Waals surface area contributed by atoms with Gasteiger partial charge in [0.2, 0.25) is 0 Å². The second-order valence-corrected chi connectivity index (χ2v) is 8.97. The summed E-state index contributed by atoms with van der Waals surface area (Å²) in [5, 5.41) is 5.37. The Morgan fingerprint density at radius 3 is 1.39 bits per heavy atom. The molecule has 1 heteroatoms. The molecule has 0 fully saturated rings. The van der Waals surface area contributed by atoms with E-state index in [-0.39, 0.29) is 10.9 Å². The number of hydrogen-bond acceptors (Lipinski definition) is 0. The van der Waals surface area contributed by atoms with Crippen LogP contribution in [0.4, 0.5) is 0 Å². The Kier molecular flexibility index (Phi) is 4.60. The SMILES string of the molecule is c1ccc([S+](Cc2c3ccccc3cc3ccccc23)c2ccccc2)cc1. The molecule has 0 bridgehead atoms. The van der Waals surface area contributed by atoms with Gasteiger partial charge in [0.1, 0.15) is 5.75 Å². The summed E-state index contributed by atoms with van der Waals surface area (Å²) in [5.74, 6) is 1.01. The van der Waals surface area contributed by atoms with E-state index in [4.69, 9.17) is 0 Å². The Balaban J connectivity index is 1.74. The minimum atomic E-state index is -0.0143. The third-order valence-corrected chi connectivity index (χ3v) is 7.49. The van der Waals surface area contributed by atoms with Crippen molar-refractivity contribution in [1.82, 2.24) is 0 Å². The van der Waals surface area contributed by atoms with Gasteiger partial charge in [0, 0.05) is 5.56 Å². The van der Waals surface area contributed by atoms with Gasteiger partial charge in [-0.2, -0.15) is 0 Å². The van der Waals surface area contributed by atoms with Crippen molar-refractivity contribution in [3.05, 3.63) is 121 Å². The van der Waals surface area contributed by atoms with Crippen LogP contribution >= 0.6 is 0 Å². The van der Waals surface area contributed by atoms with Crippen LogP contribution in [-0.4, -0.2) is 0 Å². The van der Waals surface area contributed by atoms with Gasteiger partial charge in [-0.3, -0.25) is 0 Å². The van der Waals surface area contributed by atoms with Gasteiger partial charge in [-0.25, -0.2) is 0 Å². The van der Waals surface area contributed by atoms with Crippen molar-refractivity contribution in [3.63, 3.8) is 0 Å². The van der Waals surface area contributed by atoms with Crippen LogP contribution in [-0.2, 0) is 16.6 Å². The topological polar surface area (TPSA) is 0 Å². The first-order chi connectivity index (χ1) is 13.9. The van der Waals surface area contributed by atoms with Gasteiger partial charge in [0.15, 0.2) is 9.79 Å². The molecule has 0 aliphatic carbocycles. The Morgan fingerprint density at radius 2 is 0.893 bits per heavy atom. The smallest absolute Gasteiger partial charge is 0.0619 e. The van der Waals surface area contributed by atoms with Gasteiger partial charge < -0.3 is 0 Å². The van der Waals surface area contributed by atoms with Crippen LogP contribution in [0.15, 0.2) is 125 Å². The van der Waals surface area contributed by atoms with Crippen LogP contribution < -0.4 is 0 Å². The van der Waals surface area contributed by atoms with Crippen LogP contribution in [0.5, 0.6) is 0 Å². The van der Waals surface area contributed by atoms with E-state index in [1.165, 1.54) is 36.9 Å². The van der Waals surface area contributed by atoms with Crippen LogP contribution in [0.2, 0.25) is 0 Å². The van der Waals surface area contributed by atoms with E-state index in [0.717, 1.165) is 5.75 Å². The number of rotatable bonds is 4. The standard InChI is InChI=1S/C27H21S/c1-3-13-23(14-4-1)28(24-15-5-2-6-16-24)20-27-25-17-9-7-11-21(25)19-22-12-8-10-18-26(22)27/h1-19H,20H2/q+1. The number of benzene rings is 5. The summed E-state index contributed by atoms with van der Waals surface area (Å²) in [6, 6.07) is 41.8. The maximum absolute atomic E-state index is 2.32. The zero-order chi connectivity index (χ0) is 18.8. The molecule has 0 aliphatic rings. The van der Waals surface area contributed by atoms with E-state index in [1.54, 1.807) is 0 Å². The fourth-order valence-electron chi connectivity index (χ4n) is 3.88. The summed E-state index contributed by atoms with van der Waals surface area (Å²) >= 11 is 0. The largest absolute Gasteiger partial charge is 0.161 e. The number of fused-ring (bicyclic) bond motifs is 2. The lowest BCUT2D eigenvalue weighted by Crippen LogP contribution is -2.08. The molecule has 0 N–H and O–H groups in total. The molecule has 28 heavy (non-hydrogen) atoms. The average molecular weight is 378 g/mol. The molecule has 0 amide bonds. The van der Waals surface area contributed by atoms with Crippen molar-refractivity contribution >= 4 is 32.4 Å². The van der Waals surface area contributed by atoms with Crippen molar-refractivity contribution in [3.8, 4) is 0 Å². The minimum absolute atomic E-state index is 0.0143. The fraction of sp³-hybridized carbons (Fsp3) is 0.0370. The normalized spacial score (nSPS) is 11.3. The summed E-state index contributed by atoms with van der Waals surface area (Å²) in [6.07, 6.45) is 0. The molecule has 0 aliphatic heterocycles. The quantitative estimate of drug-likeness (QED) is 0.229. The lowest BCUT2D eigenvalue weighted by molar-refractivity contribution is 1.33. The van der Waals surface area contributed by atoms with Crippen molar-refractivity contribution in [2.45, 2.75) is 15.5 Å². The highest BCUT2D eigenvalue weighted by molar-refractivity contribution is 7.96. The monoisotopic (exact) mass is 377 g/mol. The van der Waals surface area contributed by atoms with Crippen molar-refractivity contribution in [2.75, 3.05) is 0 Å². The third-order valence-electron chi connectivity index (χ3n) is 5.23. The number of hydrogen-bond donors (Lipinski definition) is 0. The van der Waals surface area contributed by atoms with Crippen molar-refractivity contribution < 1.29 is 0 Å². The zero-order valence-corrected chi connectivity index (χ0v) is 16.4. The highest BCUT2D eigenvalue weighted by Gasteiger charge is 2.27. The first-order valence-corrected chi connectivity index (χ1v) is 11.0. The Labute approximate surface area is 168 Å². The molecule has 0 atom stereocenters. The first-order valence-electron chi connectivity index (χ1n) is 9.60. The predicted octanol–water partition coefficient (Wildman–Crippen LogP) is 7.23. The maximum Gasteiger partial charge on any atom is 0.161 e. The Morgan fingerprint density at radius 1 is 0.464 bits per heavy atom. The van der Waals surface area contributed by atoms with Gasteiger partial charge in [-0.05, 0) is 51.9 Å². The van der Waals surface area contributed by atoms with Crippen LogP contribution in [0, 0.1) is 0 Å². The molecule has 0 nitrogen and oxygen atoms in total. The van der Waals surface area contributed by atoms with E-state index >= 15 is 0 Å². The van der Waals surface area contributed by atoms with E-state index in [2.05, 4.69) is 115 Å². The van der Waals surface area contributed by atoms with E-state index in [1.807, 2.05) is 0 Å². The van der Waals surface area contributed by atoms with Gasteiger partial charge in [0.05, 0.1) is 10.9 Å². The molecular formula is C27H21S+. The molecule has 134 valence electrons. The molecule has 0 aromatic heterocycles. The fourth-order valence-corrected chi connectivity index (χ4v) is 6.06. The van der Waals surface area contributed by atoms with Crippen LogP contribution in [0.3, 0.4) is 0 Å². The Hall–Kier alpha value is -3.03. The summed E-state index contributed by atoms with van der Waals surface area (Å²) in [6.45, 7) is 0. The van der Waals surface area contributed by atoms with Crippen molar-refractivity contribution in [2.24, 2.45) is 0 Å². The summed E-state index contributed by atoms with van der Waals surface area (Å²) in [7, 11) is -0.0143. The highest BCUT2D eigenvalue weighted by atomic mass is 32.2. The van der Waals surface area contributed by atoms with E-state index < -0.39 is 0 Å². The van der Waals surface area contributed by atoms with Gasteiger partial charge >= 0.3 is 0 Å². The molecule has 5 aromatic carbocycles. The molecule has 0 heterocycles. The zero-order valence-electron chi connectivity index (χ0n) is 15.6. The predicted molar refractivity (Wildman–Crippen MR) is 122 cm³/mol. The second kappa shape index (κ2) is 7.53. The van der Waals surface area contributed by atoms with Crippen LogP contribution in [0.1, 0.15) is 5.56 Å².